The van der Waals surface area contributed by atoms with Gasteiger partial charge in [-0.3, -0.25) is 4.98 Å². The van der Waals surface area contributed by atoms with Gasteiger partial charge in [0.2, 0.25) is 0 Å². The van der Waals surface area contributed by atoms with E-state index in [1.807, 2.05) is 0 Å². The molecule has 3 heteroatoms. The van der Waals surface area contributed by atoms with Crippen LogP contribution in [0.1, 0.15) is 52.3 Å². The topological polar surface area (TPSA) is 16.1 Å². The fourth-order valence-corrected chi connectivity index (χ4v) is 5.59. The number of aromatic nitrogens is 1. The van der Waals surface area contributed by atoms with Crippen molar-refractivity contribution in [1.82, 2.24) is 9.88 Å². The zero-order valence-electron chi connectivity index (χ0n) is 15.5. The molecular weight excluding hydrogens is 372 g/mol. The van der Waals surface area contributed by atoms with E-state index in [-0.39, 0.29) is 0 Å². The van der Waals surface area contributed by atoms with Gasteiger partial charge in [-0.25, -0.2) is 0 Å². The summed E-state index contributed by atoms with van der Waals surface area (Å²) in [5.41, 5.74) is 8.46. The van der Waals surface area contributed by atoms with E-state index in [1.165, 1.54) is 63.9 Å². The van der Waals surface area contributed by atoms with Gasteiger partial charge in [0.05, 0.1) is 5.69 Å². The highest BCUT2D eigenvalue weighted by Gasteiger charge is 2.34. The third kappa shape index (κ3) is 3.29. The number of hydrogen-bond acceptors (Lipinski definition) is 2. The molecule has 1 aliphatic heterocycles. The van der Waals surface area contributed by atoms with Crippen molar-refractivity contribution >= 4 is 15.9 Å². The van der Waals surface area contributed by atoms with Crippen LogP contribution in [0.5, 0.6) is 0 Å². The second-order valence-corrected chi connectivity index (χ2v) is 8.85. The first-order valence-corrected chi connectivity index (χ1v) is 10.2. The van der Waals surface area contributed by atoms with Crippen LogP contribution in [0, 0.1) is 19.8 Å². The van der Waals surface area contributed by atoms with Crippen LogP contribution in [-0.4, -0.2) is 30.0 Å². The van der Waals surface area contributed by atoms with Gasteiger partial charge in [-0.15, -0.1) is 0 Å². The summed E-state index contributed by atoms with van der Waals surface area (Å²) in [5.74, 6) is 1.11. The SMILES string of the molecule is Cc1cnc2c(c1)CCc1cc(C)cc(Br)c1[C@H]2C1CCN(C)CC1. The van der Waals surface area contributed by atoms with Gasteiger partial charge in [0.25, 0.3) is 0 Å². The first-order valence-electron chi connectivity index (χ1n) is 9.46. The van der Waals surface area contributed by atoms with Crippen LogP contribution in [0.4, 0.5) is 0 Å². The van der Waals surface area contributed by atoms with Crippen LogP contribution in [0.25, 0.3) is 0 Å². The third-order valence-electron chi connectivity index (χ3n) is 6.00. The highest BCUT2D eigenvalue weighted by molar-refractivity contribution is 9.10. The monoisotopic (exact) mass is 398 g/mol. The molecular formula is C22H27BrN2. The molecule has 1 aromatic carbocycles. The van der Waals surface area contributed by atoms with E-state index >= 15 is 0 Å². The van der Waals surface area contributed by atoms with Crippen molar-refractivity contribution in [2.75, 3.05) is 20.1 Å². The van der Waals surface area contributed by atoms with E-state index in [2.05, 4.69) is 66.1 Å². The zero-order valence-corrected chi connectivity index (χ0v) is 17.1. The number of aryl methyl sites for hydroxylation is 4. The molecule has 0 radical (unpaired) electrons. The molecule has 132 valence electrons. The summed E-state index contributed by atoms with van der Waals surface area (Å²) in [5, 5.41) is 0. The van der Waals surface area contributed by atoms with E-state index in [0.717, 1.165) is 12.8 Å². The fourth-order valence-electron chi connectivity index (χ4n) is 4.73. The van der Waals surface area contributed by atoms with Crippen LogP contribution >= 0.6 is 15.9 Å². The third-order valence-corrected chi connectivity index (χ3v) is 6.66. The number of hydrogen-bond donors (Lipinski definition) is 0. The zero-order chi connectivity index (χ0) is 17.6. The molecule has 1 saturated heterocycles. The van der Waals surface area contributed by atoms with Crippen LogP contribution in [0.15, 0.2) is 28.9 Å². The Morgan fingerprint density at radius 1 is 1.00 bits per heavy atom. The number of piperidine rings is 1. The first kappa shape index (κ1) is 17.2. The molecule has 2 nitrogen and oxygen atoms in total. The van der Waals surface area contributed by atoms with Crippen molar-refractivity contribution in [2.24, 2.45) is 5.92 Å². The smallest absolute Gasteiger partial charge is 0.0513 e. The van der Waals surface area contributed by atoms with Crippen molar-refractivity contribution in [1.29, 1.82) is 0 Å². The van der Waals surface area contributed by atoms with Gasteiger partial charge in [0.1, 0.15) is 0 Å². The minimum absolute atomic E-state index is 0.428. The van der Waals surface area contributed by atoms with Crippen molar-refractivity contribution in [3.63, 3.8) is 0 Å². The summed E-state index contributed by atoms with van der Waals surface area (Å²) in [6.45, 7) is 6.76. The summed E-state index contributed by atoms with van der Waals surface area (Å²) in [7, 11) is 2.24. The summed E-state index contributed by atoms with van der Waals surface area (Å²) in [6.07, 6.45) is 6.81. The van der Waals surface area contributed by atoms with Gasteiger partial charge in [-0.1, -0.05) is 28.1 Å². The van der Waals surface area contributed by atoms with Crippen molar-refractivity contribution in [3.8, 4) is 0 Å². The number of halogens is 1. The average Bonchev–Trinajstić information content (AvgIpc) is 2.72. The maximum atomic E-state index is 4.98. The van der Waals surface area contributed by atoms with E-state index in [1.54, 1.807) is 0 Å². The molecule has 1 atom stereocenters. The van der Waals surface area contributed by atoms with Crippen LogP contribution in [0.2, 0.25) is 0 Å². The Bertz CT molecular complexity index is 791. The standard InChI is InChI=1S/C22H27BrN2/c1-14-10-17-4-5-18-11-15(2)13-24-22(18)21(20(17)19(23)12-14)16-6-8-25(3)9-7-16/h10-13,16,21H,4-9H2,1-3H3/t21-/m1/s1. The molecule has 0 unspecified atom stereocenters. The highest BCUT2D eigenvalue weighted by Crippen LogP contribution is 2.45. The summed E-state index contributed by atoms with van der Waals surface area (Å²) >= 11 is 3.91. The van der Waals surface area contributed by atoms with Gasteiger partial charge in [-0.2, -0.15) is 0 Å². The molecule has 1 aliphatic carbocycles. The van der Waals surface area contributed by atoms with Gasteiger partial charge < -0.3 is 4.90 Å². The molecule has 0 bridgehead atoms. The Morgan fingerprint density at radius 3 is 2.44 bits per heavy atom. The number of rotatable bonds is 1. The molecule has 2 aliphatic rings. The van der Waals surface area contributed by atoms with Crippen LogP contribution in [0.3, 0.4) is 0 Å². The van der Waals surface area contributed by atoms with Gasteiger partial charge in [0.15, 0.2) is 0 Å². The Labute approximate surface area is 159 Å². The minimum Gasteiger partial charge on any atom is -0.306 e. The first-order chi connectivity index (χ1) is 12.0. The fraction of sp³-hybridized carbons (Fsp3) is 0.500. The lowest BCUT2D eigenvalue weighted by Gasteiger charge is -2.35. The van der Waals surface area contributed by atoms with Crippen molar-refractivity contribution < 1.29 is 0 Å². The van der Waals surface area contributed by atoms with Crippen molar-refractivity contribution in [2.45, 2.75) is 45.4 Å². The molecule has 0 spiro atoms. The molecule has 2 heterocycles. The predicted molar refractivity (Wildman–Crippen MR) is 107 cm³/mol. The Balaban J connectivity index is 1.87. The molecule has 0 saturated carbocycles. The van der Waals surface area contributed by atoms with E-state index < -0.39 is 0 Å². The Morgan fingerprint density at radius 2 is 1.68 bits per heavy atom. The largest absolute Gasteiger partial charge is 0.306 e. The van der Waals surface area contributed by atoms with Crippen molar-refractivity contribution in [3.05, 3.63) is 62.4 Å². The van der Waals surface area contributed by atoms with Crippen LogP contribution < -0.4 is 0 Å². The summed E-state index contributed by atoms with van der Waals surface area (Å²) in [4.78, 5) is 7.44. The number of likely N-dealkylation sites (tertiary alicyclic amines) is 1. The number of pyridine rings is 1. The molecule has 1 aromatic heterocycles. The quantitative estimate of drug-likeness (QED) is 0.669. The molecule has 2 aromatic rings. The number of benzene rings is 1. The molecule has 0 N–H and O–H groups in total. The highest BCUT2D eigenvalue weighted by atomic mass is 79.9. The number of nitrogens with zero attached hydrogens (tertiary/aromatic N) is 2. The maximum Gasteiger partial charge on any atom is 0.0513 e. The Hall–Kier alpha value is -1.19. The normalized spacial score (nSPS) is 21.5. The molecule has 25 heavy (non-hydrogen) atoms. The number of fused-ring (bicyclic) bond motifs is 2. The molecule has 0 amide bonds. The van der Waals surface area contributed by atoms with E-state index in [4.69, 9.17) is 4.98 Å². The van der Waals surface area contributed by atoms with Gasteiger partial charge >= 0.3 is 0 Å². The summed E-state index contributed by atoms with van der Waals surface area (Å²) in [6, 6.07) is 7.07. The van der Waals surface area contributed by atoms with Crippen LogP contribution in [-0.2, 0) is 12.8 Å². The lowest BCUT2D eigenvalue weighted by Crippen LogP contribution is -2.33. The minimum atomic E-state index is 0.428. The maximum absolute atomic E-state index is 4.98. The second-order valence-electron chi connectivity index (χ2n) is 7.99. The average molecular weight is 399 g/mol. The molecule has 1 fully saturated rings. The van der Waals surface area contributed by atoms with Gasteiger partial charge in [-0.05, 0) is 99.5 Å². The predicted octanol–water partition coefficient (Wildman–Crippen LogP) is 5.03. The second kappa shape index (κ2) is 6.85. The lowest BCUT2D eigenvalue weighted by atomic mass is 9.76. The summed E-state index contributed by atoms with van der Waals surface area (Å²) < 4.78 is 1.28. The molecule has 4 rings (SSSR count). The Kier molecular flexibility index (Phi) is 4.72. The van der Waals surface area contributed by atoms with Gasteiger partial charge in [0, 0.05) is 16.6 Å². The van der Waals surface area contributed by atoms with E-state index in [9.17, 15) is 0 Å². The lowest BCUT2D eigenvalue weighted by molar-refractivity contribution is 0.206. The van der Waals surface area contributed by atoms with E-state index in [0.29, 0.717) is 11.8 Å².